The molecule has 0 radical (unpaired) electrons. The summed E-state index contributed by atoms with van der Waals surface area (Å²) in [4.78, 5) is 23.5. The van der Waals surface area contributed by atoms with E-state index in [1.54, 1.807) is 10.9 Å². The minimum absolute atomic E-state index is 0.0122. The van der Waals surface area contributed by atoms with Gasteiger partial charge in [-0.3, -0.25) is 0 Å². The van der Waals surface area contributed by atoms with Crippen LogP contribution in [0.25, 0.3) is 11.8 Å². The zero-order chi connectivity index (χ0) is 26.5. The van der Waals surface area contributed by atoms with Crippen LogP contribution < -0.4 is 0 Å². The van der Waals surface area contributed by atoms with Gasteiger partial charge in [-0.1, -0.05) is 19.4 Å². The molecule has 4 aliphatic rings. The van der Waals surface area contributed by atoms with E-state index < -0.39 is 40.4 Å². The highest BCUT2D eigenvalue weighted by molar-refractivity contribution is 5.88. The van der Waals surface area contributed by atoms with Crippen molar-refractivity contribution in [2.75, 3.05) is 0 Å². The molecule has 7 atom stereocenters. The predicted molar refractivity (Wildman–Crippen MR) is 131 cm³/mol. The molecule has 1 aromatic carbocycles. The molecule has 3 fully saturated rings. The van der Waals surface area contributed by atoms with Crippen molar-refractivity contribution in [3.8, 4) is 5.69 Å². The summed E-state index contributed by atoms with van der Waals surface area (Å²) in [6.07, 6.45) is 6.34. The summed E-state index contributed by atoms with van der Waals surface area (Å²) in [5.41, 5.74) is -0.0607. The maximum absolute atomic E-state index is 14.0. The van der Waals surface area contributed by atoms with Crippen LogP contribution >= 0.6 is 0 Å². The van der Waals surface area contributed by atoms with Gasteiger partial charge in [-0.25, -0.2) is 18.7 Å². The Kier molecular flexibility index (Phi) is 5.08. The number of halogens is 1. The van der Waals surface area contributed by atoms with Crippen molar-refractivity contribution in [2.45, 2.75) is 64.1 Å². The average molecular weight is 511 g/mol. The van der Waals surface area contributed by atoms with Gasteiger partial charge in [0, 0.05) is 5.41 Å². The van der Waals surface area contributed by atoms with Gasteiger partial charge >= 0.3 is 11.9 Å². The van der Waals surface area contributed by atoms with Gasteiger partial charge in [0.2, 0.25) is 0 Å². The maximum Gasteiger partial charge on any atom is 0.338 e. The Labute approximate surface area is 213 Å². The lowest BCUT2D eigenvalue weighted by atomic mass is 9.45. The van der Waals surface area contributed by atoms with Gasteiger partial charge < -0.3 is 20.4 Å². The summed E-state index contributed by atoms with van der Waals surface area (Å²) in [5.74, 6) is -3.32. The number of aromatic nitrogens is 2. The van der Waals surface area contributed by atoms with Gasteiger partial charge in [-0.2, -0.15) is 5.10 Å². The van der Waals surface area contributed by atoms with Crippen molar-refractivity contribution in [3.05, 3.63) is 52.6 Å². The number of carbonyl (C=O) groups is 2. The summed E-state index contributed by atoms with van der Waals surface area (Å²) in [7, 11) is 0. The molecule has 2 aromatic rings. The molecule has 0 saturated heterocycles. The number of benzene rings is 1. The summed E-state index contributed by atoms with van der Waals surface area (Å²) < 4.78 is 15.6. The largest absolute Gasteiger partial charge is 0.479 e. The molecule has 4 N–H and O–H groups in total. The fraction of sp³-hybridized carbons (Fsp3) is 0.536. The van der Waals surface area contributed by atoms with Gasteiger partial charge in [0.15, 0.2) is 5.60 Å². The van der Waals surface area contributed by atoms with Crippen LogP contribution in [0.5, 0.6) is 0 Å². The topological polar surface area (TPSA) is 133 Å². The van der Waals surface area contributed by atoms with Gasteiger partial charge in [-0.05, 0) is 91.5 Å². The van der Waals surface area contributed by atoms with E-state index >= 15 is 0 Å². The summed E-state index contributed by atoms with van der Waals surface area (Å²) in [6.45, 7) is 4.00. The molecule has 3 saturated carbocycles. The van der Waals surface area contributed by atoms with Crippen molar-refractivity contribution < 1.29 is 34.4 Å². The Morgan fingerprint density at radius 3 is 2.65 bits per heavy atom. The SMILES string of the molecule is C[C@]12Cc3cnn(-c4ccc(F)c(C(=O)O)c4)c3C=C1CC[C@@H]1[C@@H]2[C@@H](O)C[C@@]2(C)[C@H]1CC[C@]2(O)C(=O)O. The number of nitrogens with zero attached hydrogens (tertiary/aromatic N) is 2. The first kappa shape index (κ1) is 24.3. The minimum atomic E-state index is -1.83. The first-order chi connectivity index (χ1) is 17.4. The van der Waals surface area contributed by atoms with Crippen molar-refractivity contribution in [3.63, 3.8) is 0 Å². The number of hydrogen-bond acceptors (Lipinski definition) is 5. The second kappa shape index (κ2) is 7.74. The van der Waals surface area contributed by atoms with Crippen LogP contribution in [-0.2, 0) is 11.2 Å². The van der Waals surface area contributed by atoms with Crippen LogP contribution in [0.1, 0.15) is 67.6 Å². The quantitative estimate of drug-likeness (QED) is 0.495. The summed E-state index contributed by atoms with van der Waals surface area (Å²) in [5, 5.41) is 46.4. The normalized spacial score (nSPS) is 38.1. The van der Waals surface area contributed by atoms with E-state index in [4.69, 9.17) is 0 Å². The molecule has 1 heterocycles. The van der Waals surface area contributed by atoms with Crippen LogP contribution in [0.4, 0.5) is 4.39 Å². The number of aromatic carboxylic acids is 1. The molecule has 1 aromatic heterocycles. The Hall–Kier alpha value is -3.04. The highest BCUT2D eigenvalue weighted by Gasteiger charge is 2.68. The summed E-state index contributed by atoms with van der Waals surface area (Å²) >= 11 is 0. The molecule has 9 heteroatoms. The van der Waals surface area contributed by atoms with E-state index in [1.165, 1.54) is 17.7 Å². The molecular weight excluding hydrogens is 479 g/mol. The smallest absolute Gasteiger partial charge is 0.338 e. The number of aliphatic carboxylic acids is 1. The zero-order valence-corrected chi connectivity index (χ0v) is 20.8. The van der Waals surface area contributed by atoms with Gasteiger partial charge in [0.25, 0.3) is 0 Å². The first-order valence-electron chi connectivity index (χ1n) is 12.9. The zero-order valence-electron chi connectivity index (χ0n) is 20.8. The third kappa shape index (κ3) is 3.10. The third-order valence-corrected chi connectivity index (χ3v) is 10.4. The Balaban J connectivity index is 1.38. The Morgan fingerprint density at radius 1 is 1.19 bits per heavy atom. The molecule has 8 nitrogen and oxygen atoms in total. The molecule has 0 unspecified atom stereocenters. The molecule has 0 aliphatic heterocycles. The predicted octanol–water partition coefficient (Wildman–Crippen LogP) is 3.68. The fourth-order valence-electron chi connectivity index (χ4n) is 8.56. The summed E-state index contributed by atoms with van der Waals surface area (Å²) in [6, 6.07) is 3.92. The highest BCUT2D eigenvalue weighted by Crippen LogP contribution is 2.67. The number of hydrogen-bond donors (Lipinski definition) is 4. The lowest BCUT2D eigenvalue weighted by Gasteiger charge is -2.60. The lowest BCUT2D eigenvalue weighted by Crippen LogP contribution is -2.61. The standard InChI is InChI=1S/C28H31FN2O6/c1-26-11-14-13-30-31(16-4-6-20(29)18(10-16)24(33)34)21(14)9-15(26)3-5-17-19-7-8-28(37,25(35)36)27(19,2)12-22(32)23(17)26/h4,6,9-10,13,17,19,22-23,32,37H,3,5,7-8,11-12H2,1-2H3,(H,33,34)(H,35,36)/t17-,19-,22-,23+,26-,27-,28-/m0/s1. The number of rotatable bonds is 3. The van der Waals surface area contributed by atoms with Crippen LogP contribution in [0.15, 0.2) is 30.0 Å². The van der Waals surface area contributed by atoms with Gasteiger partial charge in [0.1, 0.15) is 5.82 Å². The van der Waals surface area contributed by atoms with E-state index in [9.17, 15) is 34.4 Å². The number of fused-ring (bicyclic) bond motifs is 6. The molecule has 0 bridgehead atoms. The maximum atomic E-state index is 14.0. The van der Waals surface area contributed by atoms with Crippen molar-refractivity contribution in [1.82, 2.24) is 9.78 Å². The van der Waals surface area contributed by atoms with Crippen LogP contribution in [0, 0.1) is 34.4 Å². The lowest BCUT2D eigenvalue weighted by molar-refractivity contribution is -0.193. The number of carboxylic acid groups (broad SMARTS) is 2. The van der Waals surface area contributed by atoms with Crippen molar-refractivity contribution >= 4 is 18.0 Å². The van der Waals surface area contributed by atoms with E-state index in [0.29, 0.717) is 18.5 Å². The van der Waals surface area contributed by atoms with E-state index in [1.807, 2.05) is 6.92 Å². The minimum Gasteiger partial charge on any atom is -0.479 e. The molecular formula is C28H31FN2O6. The van der Waals surface area contributed by atoms with E-state index in [-0.39, 0.29) is 36.0 Å². The second-order valence-corrected chi connectivity index (χ2v) is 11.9. The van der Waals surface area contributed by atoms with Gasteiger partial charge in [0.05, 0.1) is 29.2 Å². The third-order valence-electron chi connectivity index (χ3n) is 10.4. The number of allylic oxidation sites excluding steroid dienone is 1. The highest BCUT2D eigenvalue weighted by atomic mass is 19.1. The first-order valence-corrected chi connectivity index (χ1v) is 12.9. The van der Waals surface area contributed by atoms with Crippen LogP contribution in [-0.4, -0.2) is 53.9 Å². The Morgan fingerprint density at radius 2 is 1.95 bits per heavy atom. The molecule has 0 spiro atoms. The van der Waals surface area contributed by atoms with E-state index in [2.05, 4.69) is 18.1 Å². The van der Waals surface area contributed by atoms with Crippen molar-refractivity contribution in [2.24, 2.45) is 28.6 Å². The second-order valence-electron chi connectivity index (χ2n) is 11.9. The van der Waals surface area contributed by atoms with Crippen LogP contribution in [0.3, 0.4) is 0 Å². The molecule has 4 aliphatic carbocycles. The molecule has 37 heavy (non-hydrogen) atoms. The number of aliphatic hydroxyl groups excluding tert-OH is 1. The molecule has 196 valence electrons. The average Bonchev–Trinajstić information content (AvgIpc) is 3.35. The molecule has 0 amide bonds. The van der Waals surface area contributed by atoms with Crippen molar-refractivity contribution in [1.29, 1.82) is 0 Å². The van der Waals surface area contributed by atoms with Gasteiger partial charge in [-0.15, -0.1) is 0 Å². The fourth-order valence-corrected chi connectivity index (χ4v) is 8.56. The number of aliphatic hydroxyl groups is 2. The monoisotopic (exact) mass is 510 g/mol. The molecule has 6 rings (SSSR count). The van der Waals surface area contributed by atoms with E-state index in [0.717, 1.165) is 30.2 Å². The van der Waals surface area contributed by atoms with Crippen LogP contribution in [0.2, 0.25) is 0 Å². The Bertz CT molecular complexity index is 1370. The number of carboxylic acids is 2.